The molecule has 0 spiro atoms. The molecule has 3 nitrogen and oxygen atoms in total. The van der Waals surface area contributed by atoms with Crippen LogP contribution in [0.25, 0.3) is 0 Å². The van der Waals surface area contributed by atoms with Crippen molar-refractivity contribution in [2.45, 2.75) is 19.9 Å². The number of hydrogen-bond donors (Lipinski definition) is 0. The van der Waals surface area contributed by atoms with Crippen LogP contribution < -0.4 is 4.90 Å². The van der Waals surface area contributed by atoms with Crippen LogP contribution in [0.2, 0.25) is 5.02 Å². The molecule has 2 rings (SSSR count). The van der Waals surface area contributed by atoms with Gasteiger partial charge in [0.1, 0.15) is 5.82 Å². The molecule has 1 aromatic heterocycles. The predicted molar refractivity (Wildman–Crippen MR) is 82.0 cm³/mol. The van der Waals surface area contributed by atoms with E-state index in [2.05, 4.69) is 22.9 Å². The number of aryl methyl sites for hydroxylation is 1. The van der Waals surface area contributed by atoms with E-state index in [1.54, 1.807) is 12.1 Å². The molecule has 1 aromatic carbocycles. The molecule has 4 heteroatoms. The number of hydrogen-bond acceptors (Lipinski definition) is 3. The highest BCUT2D eigenvalue weighted by molar-refractivity contribution is 6.30. The topological polar surface area (TPSA) is 39.9 Å². The maximum absolute atomic E-state index is 9.04. The lowest BCUT2D eigenvalue weighted by atomic mass is 10.1. The summed E-state index contributed by atoms with van der Waals surface area (Å²) in [5.41, 5.74) is 2.62. The lowest BCUT2D eigenvalue weighted by Gasteiger charge is -2.26. The standard InChI is InChI=1S/C16H16ClN3/c1-11-8-13(10-18)9-16(19-11)20(3)12(2)14-4-6-15(17)7-5-14/h4-9,12H,1-3H3. The van der Waals surface area contributed by atoms with Gasteiger partial charge in [-0.25, -0.2) is 4.98 Å². The lowest BCUT2D eigenvalue weighted by Crippen LogP contribution is -2.22. The summed E-state index contributed by atoms with van der Waals surface area (Å²) in [6.45, 7) is 3.99. The van der Waals surface area contributed by atoms with E-state index in [0.29, 0.717) is 5.56 Å². The molecule has 0 saturated carbocycles. The van der Waals surface area contributed by atoms with Crippen molar-refractivity contribution in [1.29, 1.82) is 5.26 Å². The molecule has 0 bridgehead atoms. The van der Waals surface area contributed by atoms with E-state index in [1.165, 1.54) is 0 Å². The van der Waals surface area contributed by atoms with Crippen molar-refractivity contribution < 1.29 is 0 Å². The predicted octanol–water partition coefficient (Wildman–Crippen LogP) is 4.11. The zero-order chi connectivity index (χ0) is 14.7. The lowest BCUT2D eigenvalue weighted by molar-refractivity contribution is 0.727. The summed E-state index contributed by atoms with van der Waals surface area (Å²) in [7, 11) is 1.97. The van der Waals surface area contributed by atoms with Gasteiger partial charge in [0.2, 0.25) is 0 Å². The maximum atomic E-state index is 9.04. The number of anilines is 1. The van der Waals surface area contributed by atoms with E-state index in [4.69, 9.17) is 16.9 Å². The Morgan fingerprint density at radius 3 is 2.50 bits per heavy atom. The number of nitrogens with zero attached hydrogens (tertiary/aromatic N) is 3. The van der Waals surface area contributed by atoms with Gasteiger partial charge in [-0.3, -0.25) is 0 Å². The fourth-order valence-electron chi connectivity index (χ4n) is 2.06. The Hall–Kier alpha value is -2.05. The molecule has 0 aliphatic carbocycles. The van der Waals surface area contributed by atoms with E-state index in [0.717, 1.165) is 22.1 Å². The first kappa shape index (κ1) is 14.4. The second-order valence-corrected chi connectivity index (χ2v) is 5.24. The van der Waals surface area contributed by atoms with Gasteiger partial charge in [0.25, 0.3) is 0 Å². The van der Waals surface area contributed by atoms with Crippen molar-refractivity contribution in [2.75, 3.05) is 11.9 Å². The third-order valence-electron chi connectivity index (χ3n) is 3.36. The SMILES string of the molecule is Cc1cc(C#N)cc(N(C)C(C)c2ccc(Cl)cc2)n1. The van der Waals surface area contributed by atoms with Crippen molar-refractivity contribution in [3.63, 3.8) is 0 Å². The third-order valence-corrected chi connectivity index (χ3v) is 3.62. The van der Waals surface area contributed by atoms with Crippen molar-refractivity contribution >= 4 is 17.4 Å². The molecular weight excluding hydrogens is 270 g/mol. The monoisotopic (exact) mass is 285 g/mol. The fraction of sp³-hybridized carbons (Fsp3) is 0.250. The van der Waals surface area contributed by atoms with Gasteiger partial charge in [-0.2, -0.15) is 5.26 Å². The van der Waals surface area contributed by atoms with Gasteiger partial charge >= 0.3 is 0 Å². The summed E-state index contributed by atoms with van der Waals surface area (Å²) in [6, 6.07) is 13.7. The minimum Gasteiger partial charge on any atom is -0.353 e. The fourth-order valence-corrected chi connectivity index (χ4v) is 2.19. The largest absolute Gasteiger partial charge is 0.353 e. The second kappa shape index (κ2) is 5.94. The van der Waals surface area contributed by atoms with Gasteiger partial charge in [-0.05, 0) is 43.7 Å². The Labute approximate surface area is 124 Å². The van der Waals surface area contributed by atoms with Gasteiger partial charge in [0, 0.05) is 17.8 Å². The number of nitriles is 1. The van der Waals surface area contributed by atoms with Crippen LogP contribution in [-0.2, 0) is 0 Å². The van der Waals surface area contributed by atoms with E-state index in [1.807, 2.05) is 38.2 Å². The molecule has 1 heterocycles. The number of aromatic nitrogens is 1. The summed E-state index contributed by atoms with van der Waals surface area (Å²) in [4.78, 5) is 6.55. The molecule has 0 saturated heterocycles. The minimum atomic E-state index is 0.146. The molecule has 0 amide bonds. The molecule has 0 fully saturated rings. The van der Waals surface area contributed by atoms with Crippen LogP contribution in [0.3, 0.4) is 0 Å². The molecule has 1 atom stereocenters. The van der Waals surface area contributed by atoms with Gasteiger partial charge in [0.05, 0.1) is 17.7 Å². The summed E-state index contributed by atoms with van der Waals surface area (Å²) < 4.78 is 0. The highest BCUT2D eigenvalue weighted by Crippen LogP contribution is 2.25. The van der Waals surface area contributed by atoms with Crippen LogP contribution in [0.1, 0.15) is 29.8 Å². The Bertz CT molecular complexity index is 644. The summed E-state index contributed by atoms with van der Waals surface area (Å²) in [5.74, 6) is 0.795. The average molecular weight is 286 g/mol. The van der Waals surface area contributed by atoms with Crippen molar-refractivity contribution in [3.8, 4) is 6.07 Å². The molecule has 0 aliphatic heterocycles. The van der Waals surface area contributed by atoms with E-state index in [-0.39, 0.29) is 6.04 Å². The molecule has 1 unspecified atom stereocenters. The second-order valence-electron chi connectivity index (χ2n) is 4.81. The average Bonchev–Trinajstić information content (AvgIpc) is 2.45. The Morgan fingerprint density at radius 1 is 1.25 bits per heavy atom. The molecular formula is C16H16ClN3. The van der Waals surface area contributed by atoms with Crippen molar-refractivity contribution in [2.24, 2.45) is 0 Å². The molecule has 20 heavy (non-hydrogen) atoms. The Balaban J connectivity index is 2.31. The van der Waals surface area contributed by atoms with Crippen molar-refractivity contribution in [1.82, 2.24) is 4.98 Å². The zero-order valence-electron chi connectivity index (χ0n) is 11.8. The number of pyridine rings is 1. The van der Waals surface area contributed by atoms with E-state index >= 15 is 0 Å². The van der Waals surface area contributed by atoms with Crippen LogP contribution in [0.15, 0.2) is 36.4 Å². The summed E-state index contributed by atoms with van der Waals surface area (Å²) in [5, 5.41) is 9.77. The third kappa shape index (κ3) is 3.09. The first-order valence-electron chi connectivity index (χ1n) is 6.38. The van der Waals surface area contributed by atoms with Crippen LogP contribution in [0.4, 0.5) is 5.82 Å². The maximum Gasteiger partial charge on any atom is 0.130 e. The molecule has 0 radical (unpaired) electrons. The van der Waals surface area contributed by atoms with E-state index in [9.17, 15) is 0 Å². The normalized spacial score (nSPS) is 11.8. The summed E-state index contributed by atoms with van der Waals surface area (Å²) >= 11 is 5.91. The number of rotatable bonds is 3. The highest BCUT2D eigenvalue weighted by atomic mass is 35.5. The van der Waals surface area contributed by atoms with Gasteiger partial charge in [-0.1, -0.05) is 23.7 Å². The van der Waals surface area contributed by atoms with Gasteiger partial charge in [-0.15, -0.1) is 0 Å². The number of benzene rings is 1. The summed E-state index contributed by atoms with van der Waals surface area (Å²) in [6.07, 6.45) is 0. The van der Waals surface area contributed by atoms with Crippen LogP contribution in [0, 0.1) is 18.3 Å². The smallest absolute Gasteiger partial charge is 0.130 e. The van der Waals surface area contributed by atoms with Gasteiger partial charge in [0.15, 0.2) is 0 Å². The van der Waals surface area contributed by atoms with E-state index < -0.39 is 0 Å². The van der Waals surface area contributed by atoms with Gasteiger partial charge < -0.3 is 4.90 Å². The molecule has 0 N–H and O–H groups in total. The van der Waals surface area contributed by atoms with Crippen LogP contribution in [-0.4, -0.2) is 12.0 Å². The quantitative estimate of drug-likeness (QED) is 0.852. The first-order chi connectivity index (χ1) is 9.51. The first-order valence-corrected chi connectivity index (χ1v) is 6.76. The van der Waals surface area contributed by atoms with Crippen LogP contribution >= 0.6 is 11.6 Å². The van der Waals surface area contributed by atoms with Crippen LogP contribution in [0.5, 0.6) is 0 Å². The minimum absolute atomic E-state index is 0.146. The Morgan fingerprint density at radius 2 is 1.90 bits per heavy atom. The molecule has 102 valence electrons. The highest BCUT2D eigenvalue weighted by Gasteiger charge is 2.14. The molecule has 2 aromatic rings. The van der Waals surface area contributed by atoms with Crippen molar-refractivity contribution in [3.05, 3.63) is 58.2 Å². The zero-order valence-corrected chi connectivity index (χ0v) is 12.5. The Kier molecular flexibility index (Phi) is 4.26. The number of halogens is 1. The molecule has 0 aliphatic rings.